The monoisotopic (exact) mass is 414 g/mol. The van der Waals surface area contributed by atoms with E-state index in [1.165, 1.54) is 12.8 Å². The first-order chi connectivity index (χ1) is 9.43. The molecule has 0 spiro atoms. The summed E-state index contributed by atoms with van der Waals surface area (Å²) in [6.07, 6.45) is 8.24. The molecule has 0 heterocycles. The van der Waals surface area contributed by atoms with Crippen LogP contribution in [0.15, 0.2) is 0 Å². The molecule has 0 saturated heterocycles. The van der Waals surface area contributed by atoms with E-state index >= 15 is 0 Å². The van der Waals surface area contributed by atoms with Crippen LogP contribution in [-0.2, 0) is 9.59 Å². The smallest absolute Gasteiger partial charge is 0.870 e. The summed E-state index contributed by atoms with van der Waals surface area (Å²) < 4.78 is 0. The molecule has 4 unspecified atom stereocenters. The molecule has 4 atom stereocenters. The van der Waals surface area contributed by atoms with Crippen molar-refractivity contribution < 1.29 is 25.3 Å². The Morgan fingerprint density at radius 2 is 1.00 bits per heavy atom. The maximum atomic E-state index is 10.5. The van der Waals surface area contributed by atoms with Crippen LogP contribution >= 0.6 is 0 Å². The van der Waals surface area contributed by atoms with Gasteiger partial charge in [-0.15, -0.1) is 0 Å². The molecule has 2 fully saturated rings. The van der Waals surface area contributed by atoms with Crippen LogP contribution in [0.1, 0.15) is 65.2 Å². The Hall–Kier alpha value is -0.230. The number of aliphatic carboxylic acids is 2. The molecular formula is C16H27InO5. The Kier molecular flexibility index (Phi) is 13.4. The van der Waals surface area contributed by atoms with Gasteiger partial charge < -0.3 is 25.3 Å². The number of carbonyl (C=O) groups is 2. The van der Waals surface area contributed by atoms with E-state index in [1.807, 2.05) is 13.8 Å². The molecule has 2 rings (SSSR count). The average Bonchev–Trinajstić information content (AvgIpc) is 2.40. The zero-order chi connectivity index (χ0) is 15.1. The SMILES string of the molecule is CC1CCCCC1C(=O)[O-].CC1CCCCC1C(=O)[O-].[In+3].[OH-]. The van der Waals surface area contributed by atoms with Crippen LogP contribution < -0.4 is 10.2 Å². The number of rotatable bonds is 2. The van der Waals surface area contributed by atoms with E-state index in [9.17, 15) is 19.8 Å². The molecule has 0 aromatic heterocycles. The number of hydrogen-bond donors (Lipinski definition) is 0. The fourth-order valence-electron chi connectivity index (χ4n) is 3.33. The van der Waals surface area contributed by atoms with E-state index in [1.54, 1.807) is 0 Å². The van der Waals surface area contributed by atoms with Gasteiger partial charge >= 0.3 is 25.8 Å². The van der Waals surface area contributed by atoms with Gasteiger partial charge in [0.05, 0.1) is 0 Å². The van der Waals surface area contributed by atoms with Gasteiger partial charge in [0.2, 0.25) is 0 Å². The normalized spacial score (nSPS) is 30.6. The van der Waals surface area contributed by atoms with E-state index in [4.69, 9.17) is 0 Å². The zero-order valence-corrected chi connectivity index (χ0v) is 16.9. The van der Waals surface area contributed by atoms with Gasteiger partial charge in [0, 0.05) is 23.8 Å². The molecule has 6 heteroatoms. The van der Waals surface area contributed by atoms with Crippen molar-refractivity contribution in [1.29, 1.82) is 0 Å². The minimum Gasteiger partial charge on any atom is -0.870 e. The van der Waals surface area contributed by atoms with Crippen LogP contribution in [0.25, 0.3) is 0 Å². The number of carboxylic acid groups (broad SMARTS) is 2. The number of carbonyl (C=O) groups excluding carboxylic acids is 2. The summed E-state index contributed by atoms with van der Waals surface area (Å²) in [4.78, 5) is 20.9. The average molecular weight is 414 g/mol. The first kappa shape index (κ1) is 24.0. The summed E-state index contributed by atoms with van der Waals surface area (Å²) in [7, 11) is 0. The summed E-state index contributed by atoms with van der Waals surface area (Å²) in [6, 6.07) is 0. The molecule has 2 aliphatic carbocycles. The molecule has 0 aromatic rings. The van der Waals surface area contributed by atoms with Gasteiger partial charge in [0.15, 0.2) is 0 Å². The van der Waals surface area contributed by atoms with E-state index < -0.39 is 11.9 Å². The first-order valence-electron chi connectivity index (χ1n) is 7.85. The number of hydrogen-bond acceptors (Lipinski definition) is 5. The first-order valence-corrected chi connectivity index (χ1v) is 7.85. The molecule has 1 N–H and O–H groups in total. The van der Waals surface area contributed by atoms with Gasteiger partial charge in [-0.2, -0.15) is 0 Å². The van der Waals surface area contributed by atoms with Crippen LogP contribution in [-0.4, -0.2) is 43.3 Å². The minimum absolute atomic E-state index is 0. The van der Waals surface area contributed by atoms with Crippen LogP contribution in [0.2, 0.25) is 0 Å². The summed E-state index contributed by atoms with van der Waals surface area (Å²) in [6.45, 7) is 4.00. The van der Waals surface area contributed by atoms with Crippen LogP contribution in [0, 0.1) is 23.7 Å². The number of carboxylic acids is 2. The van der Waals surface area contributed by atoms with Crippen molar-refractivity contribution in [2.75, 3.05) is 0 Å². The maximum Gasteiger partial charge on any atom is 3.00 e. The van der Waals surface area contributed by atoms with E-state index in [0.717, 1.165) is 38.5 Å². The zero-order valence-electron chi connectivity index (χ0n) is 13.6. The van der Waals surface area contributed by atoms with Gasteiger partial charge in [0.1, 0.15) is 0 Å². The van der Waals surface area contributed by atoms with Crippen molar-refractivity contribution in [1.82, 2.24) is 0 Å². The summed E-state index contributed by atoms with van der Waals surface area (Å²) >= 11 is 0. The predicted octanol–water partition coefficient (Wildman–Crippen LogP) is 0.568. The fourth-order valence-corrected chi connectivity index (χ4v) is 3.33. The molecule has 0 amide bonds. The molecule has 5 nitrogen and oxygen atoms in total. The second kappa shape index (κ2) is 12.2. The van der Waals surface area contributed by atoms with Gasteiger partial charge in [0.25, 0.3) is 0 Å². The Balaban J connectivity index is 0. The fraction of sp³-hybridized carbons (Fsp3) is 0.875. The molecule has 124 valence electrons. The van der Waals surface area contributed by atoms with Crippen molar-refractivity contribution in [3.8, 4) is 0 Å². The van der Waals surface area contributed by atoms with Crippen molar-refractivity contribution in [2.45, 2.75) is 65.2 Å². The third-order valence-corrected chi connectivity index (χ3v) is 4.83. The summed E-state index contributed by atoms with van der Waals surface area (Å²) in [5.74, 6) is -1.39. The Morgan fingerprint density at radius 3 is 1.18 bits per heavy atom. The Labute approximate surface area is 152 Å². The largest absolute Gasteiger partial charge is 3.00 e. The van der Waals surface area contributed by atoms with Crippen LogP contribution in [0.4, 0.5) is 0 Å². The molecular weight excluding hydrogens is 387 g/mol. The summed E-state index contributed by atoms with van der Waals surface area (Å²) in [5.41, 5.74) is 0. The molecule has 22 heavy (non-hydrogen) atoms. The van der Waals surface area contributed by atoms with Gasteiger partial charge in [-0.1, -0.05) is 52.4 Å². The van der Waals surface area contributed by atoms with Crippen molar-refractivity contribution >= 4 is 37.8 Å². The van der Waals surface area contributed by atoms with E-state index in [2.05, 4.69) is 0 Å². The van der Waals surface area contributed by atoms with Gasteiger partial charge in [-0.25, -0.2) is 0 Å². The molecule has 2 saturated carbocycles. The molecule has 2 aliphatic rings. The molecule has 0 radical (unpaired) electrons. The summed E-state index contributed by atoms with van der Waals surface area (Å²) in [5, 5.41) is 20.9. The van der Waals surface area contributed by atoms with E-state index in [0.29, 0.717) is 11.8 Å². The Bertz CT molecular complexity index is 302. The second-order valence-corrected chi connectivity index (χ2v) is 6.37. The van der Waals surface area contributed by atoms with Crippen LogP contribution in [0.3, 0.4) is 0 Å². The molecule has 0 aromatic carbocycles. The third kappa shape index (κ3) is 7.86. The quantitative estimate of drug-likeness (QED) is 0.656. The van der Waals surface area contributed by atoms with Crippen LogP contribution in [0.5, 0.6) is 0 Å². The minimum atomic E-state index is -0.854. The van der Waals surface area contributed by atoms with Crippen molar-refractivity contribution in [2.24, 2.45) is 23.7 Å². The standard InChI is InChI=1S/2C8H14O2.In.H2O/c2*1-6-4-2-3-5-7(6)8(9)10;;/h2*6-7H,2-5H2,1H3,(H,9,10);;1H2/q;;+3;/p-3. The van der Waals surface area contributed by atoms with Crippen molar-refractivity contribution in [3.05, 3.63) is 0 Å². The molecule has 0 bridgehead atoms. The van der Waals surface area contributed by atoms with Crippen molar-refractivity contribution in [3.63, 3.8) is 0 Å². The predicted molar refractivity (Wildman–Crippen MR) is 79.9 cm³/mol. The molecule has 0 aliphatic heterocycles. The topological polar surface area (TPSA) is 110 Å². The second-order valence-electron chi connectivity index (χ2n) is 6.37. The van der Waals surface area contributed by atoms with Gasteiger partial charge in [-0.3, -0.25) is 0 Å². The van der Waals surface area contributed by atoms with Gasteiger partial charge in [-0.05, 0) is 24.7 Å². The third-order valence-electron chi connectivity index (χ3n) is 4.83. The maximum absolute atomic E-state index is 10.5. The Morgan fingerprint density at radius 1 is 0.727 bits per heavy atom. The van der Waals surface area contributed by atoms with E-state index in [-0.39, 0.29) is 43.2 Å².